The summed E-state index contributed by atoms with van der Waals surface area (Å²) in [7, 11) is 8.36. The SMILES string of the molecule is COc1cc2c(cc1O)C1CC(O)C3Cc4cc(O)c5cc4C4CC(CC(OC(C)=O)C(C2)C1(C=Cc1ccccc1)C43)OC(=O)C12CC(CSSC(O)CO5)C3C4CCC1C3C#CC(CNCc1cccc(c1)-c1cc(O)cc3ccc2cc13)Cc1ccccc1CSS4. The van der Waals surface area contributed by atoms with E-state index in [9.17, 15) is 30.3 Å². The molecule has 16 rings (SSSR count). The highest BCUT2D eigenvalue weighted by atomic mass is 33.1. The van der Waals surface area contributed by atoms with E-state index < -0.39 is 70.1 Å². The fraction of sp³-hybridized carbons (Fsp3) is 0.418. The molecule has 95 heavy (non-hydrogen) atoms. The Hall–Kier alpha value is -6.68. The summed E-state index contributed by atoms with van der Waals surface area (Å²) in [5, 5.41) is 66.4. The van der Waals surface area contributed by atoms with Crippen LogP contribution in [0, 0.1) is 64.6 Å². The number of ether oxygens (including phenoxy) is 4. The molecule has 15 bridgehead atoms. The first-order valence-electron chi connectivity index (χ1n) is 33.8. The minimum Gasteiger partial charge on any atom is -0.508 e. The molecule has 0 saturated heterocycles. The van der Waals surface area contributed by atoms with Crippen LogP contribution in [0.4, 0.5) is 0 Å². The number of allylic oxidation sites excluding steroid dienone is 1. The van der Waals surface area contributed by atoms with Gasteiger partial charge in [0.05, 0.1) is 18.6 Å². The van der Waals surface area contributed by atoms with Crippen molar-refractivity contribution in [3.63, 3.8) is 0 Å². The summed E-state index contributed by atoms with van der Waals surface area (Å²) in [4.78, 5) is 31.9. The maximum Gasteiger partial charge on any atom is 0.317 e. The molecule has 17 unspecified atom stereocenters. The van der Waals surface area contributed by atoms with Gasteiger partial charge in [-0.25, -0.2) is 0 Å². The number of aromatic hydroxyl groups is 3. The predicted octanol–water partition coefficient (Wildman–Crippen LogP) is 14.5. The van der Waals surface area contributed by atoms with E-state index in [2.05, 4.69) is 108 Å². The van der Waals surface area contributed by atoms with Crippen LogP contribution in [0.3, 0.4) is 0 Å². The van der Waals surface area contributed by atoms with Crippen molar-refractivity contribution in [2.75, 3.05) is 26.0 Å². The molecule has 6 N–H and O–H groups in total. The van der Waals surface area contributed by atoms with Crippen LogP contribution in [0.5, 0.6) is 28.7 Å². The number of esters is 2. The van der Waals surface area contributed by atoms with Gasteiger partial charge >= 0.3 is 11.9 Å². The zero-order valence-electron chi connectivity index (χ0n) is 53.2. The van der Waals surface area contributed by atoms with E-state index in [1.165, 1.54) is 36.0 Å². The molecule has 0 amide bonds. The van der Waals surface area contributed by atoms with Crippen LogP contribution in [-0.4, -0.2) is 92.5 Å². The Kier molecular flexibility index (Phi) is 17.0. The fourth-order valence-electron chi connectivity index (χ4n) is 19.5. The summed E-state index contributed by atoms with van der Waals surface area (Å²) < 4.78 is 27.0. The van der Waals surface area contributed by atoms with Crippen LogP contribution in [0.2, 0.25) is 0 Å². The van der Waals surface area contributed by atoms with Crippen molar-refractivity contribution < 1.29 is 54.1 Å². The molecule has 3 aliphatic heterocycles. The highest BCUT2D eigenvalue weighted by Gasteiger charge is 2.67. The zero-order chi connectivity index (χ0) is 64.9. The van der Waals surface area contributed by atoms with E-state index in [0.29, 0.717) is 56.7 Å². The molecule has 490 valence electrons. The van der Waals surface area contributed by atoms with Crippen molar-refractivity contribution >= 4 is 72.0 Å². The Balaban J connectivity index is 0.932. The van der Waals surface area contributed by atoms with Crippen molar-refractivity contribution in [2.45, 2.75) is 123 Å². The van der Waals surface area contributed by atoms with Gasteiger partial charge in [-0.2, -0.15) is 0 Å². The van der Waals surface area contributed by atoms with Gasteiger partial charge in [0.1, 0.15) is 30.0 Å². The topological polar surface area (TPSA) is 184 Å². The second-order valence-electron chi connectivity index (χ2n) is 28.3. The molecule has 3 heterocycles. The van der Waals surface area contributed by atoms with Crippen LogP contribution in [0.25, 0.3) is 28.0 Å². The van der Waals surface area contributed by atoms with Crippen molar-refractivity contribution in [1.29, 1.82) is 0 Å². The van der Waals surface area contributed by atoms with Gasteiger partial charge in [-0.3, -0.25) is 9.59 Å². The van der Waals surface area contributed by atoms with Crippen molar-refractivity contribution in [1.82, 2.24) is 5.32 Å². The Morgan fingerprint density at radius 1 is 0.779 bits per heavy atom. The molecule has 7 aromatic carbocycles. The van der Waals surface area contributed by atoms with Gasteiger partial charge in [0.2, 0.25) is 0 Å². The molecule has 9 aliphatic rings. The maximum atomic E-state index is 17.7. The van der Waals surface area contributed by atoms with Crippen LogP contribution in [-0.2, 0) is 56.0 Å². The summed E-state index contributed by atoms with van der Waals surface area (Å²) in [6.07, 6.45) is 6.28. The van der Waals surface area contributed by atoms with Gasteiger partial charge in [-0.05, 0) is 213 Å². The number of carbonyl (C=O) groups is 2. The van der Waals surface area contributed by atoms with E-state index in [4.69, 9.17) is 18.9 Å². The second kappa shape index (κ2) is 25.6. The Labute approximate surface area is 570 Å². The standard InChI is InChI=1S/C79H79NO11S4/c1-43(81)90-70-33-56-32-62-60-35-72(68(84)28-51(60)26-63-67(83)36-65-61-34-69(85)71(88-2)29-52(61)27-66(70)78(65,76(62)63)22-21-44-9-4-3-5-10-44)89-40-74(86)95-93-42-53-37-79(77(87)91-56)54-17-16-49-25-55(82)31-59(58(49)30-54)48-14-8-11-45(24-48)38-80-39-46-15-18-57-64(79)19-20-73(75(53)57)94-92-41-50-13-7-6-12-47(50)23-46/h3-14,16-17,21-22,24-25,28-31,34-35,46,53,56-57,62-67,70,73-76,80,82-86H,19-20,23,26-27,32-33,36-42H2,1-2H3. The lowest BCUT2D eigenvalue weighted by Gasteiger charge is -2.64. The number of phenolic OH excluding ortho intramolecular Hbond substituents is 3. The van der Waals surface area contributed by atoms with Gasteiger partial charge in [-0.15, -0.1) is 0 Å². The Morgan fingerprint density at radius 3 is 2.47 bits per heavy atom. The number of aliphatic hydroxyl groups is 2. The third kappa shape index (κ3) is 11.3. The largest absolute Gasteiger partial charge is 0.508 e. The van der Waals surface area contributed by atoms with E-state index in [-0.39, 0.29) is 83.3 Å². The quantitative estimate of drug-likeness (QED) is 0.0555. The molecule has 17 atom stereocenters. The van der Waals surface area contributed by atoms with Crippen LogP contribution in [0.15, 0.2) is 140 Å². The number of hydrogen-bond acceptors (Lipinski definition) is 16. The highest BCUT2D eigenvalue weighted by Crippen LogP contribution is 2.70. The number of phenols is 3. The Morgan fingerprint density at radius 2 is 1.62 bits per heavy atom. The molecule has 1 spiro atoms. The molecule has 6 aliphatic carbocycles. The molecule has 12 nitrogen and oxygen atoms in total. The lowest BCUT2D eigenvalue weighted by atomic mass is 9.40. The van der Waals surface area contributed by atoms with Gasteiger partial charge in [0, 0.05) is 66.4 Å². The summed E-state index contributed by atoms with van der Waals surface area (Å²) in [6, 6.07) is 44.9. The maximum absolute atomic E-state index is 17.7. The number of aliphatic hydroxyl groups excluding tert-OH is 2. The average molecular weight is 1350 g/mol. The lowest BCUT2D eigenvalue weighted by molar-refractivity contribution is -0.182. The van der Waals surface area contributed by atoms with Gasteiger partial charge in [-0.1, -0.05) is 152 Å². The van der Waals surface area contributed by atoms with E-state index in [1.807, 2.05) is 64.1 Å². The summed E-state index contributed by atoms with van der Waals surface area (Å²) in [5.74, 6) is 6.54. The summed E-state index contributed by atoms with van der Waals surface area (Å²) in [6.45, 7) is 2.61. The van der Waals surface area contributed by atoms with E-state index in [1.54, 1.807) is 22.9 Å². The van der Waals surface area contributed by atoms with Gasteiger partial charge < -0.3 is 49.8 Å². The molecular weight excluding hydrogens is 1270 g/mol. The third-order valence-corrected chi connectivity index (χ3v) is 28.7. The average Bonchev–Trinajstić information content (AvgIpc) is 0.713. The highest BCUT2D eigenvalue weighted by molar-refractivity contribution is 8.77. The number of methoxy groups -OCH3 is 1. The van der Waals surface area contributed by atoms with Crippen molar-refractivity contribution in [2.24, 2.45) is 52.8 Å². The predicted molar refractivity (Wildman–Crippen MR) is 377 cm³/mol. The van der Waals surface area contributed by atoms with E-state index in [0.717, 1.165) is 79.4 Å². The zero-order valence-corrected chi connectivity index (χ0v) is 56.5. The number of hydrogen-bond donors (Lipinski definition) is 6. The lowest BCUT2D eigenvalue weighted by Crippen LogP contribution is -2.62. The van der Waals surface area contributed by atoms with Crippen LogP contribution < -0.4 is 14.8 Å². The second-order valence-corrected chi connectivity index (χ2v) is 33.5. The smallest absolute Gasteiger partial charge is 0.317 e. The summed E-state index contributed by atoms with van der Waals surface area (Å²) >= 11 is 0. The van der Waals surface area contributed by atoms with Crippen molar-refractivity contribution in [3.8, 4) is 51.7 Å². The van der Waals surface area contributed by atoms with Crippen molar-refractivity contribution in [3.05, 3.63) is 190 Å². The minimum atomic E-state index is -1.30. The fourth-order valence-corrected chi connectivity index (χ4v) is 25.0. The molecular formula is C79H79NO11S4. The first-order chi connectivity index (χ1) is 46.2. The number of nitrogens with one attached hydrogen (secondary N) is 1. The number of rotatable bonds is 4. The molecule has 0 radical (unpaired) electrons. The molecule has 4 saturated carbocycles. The summed E-state index contributed by atoms with van der Waals surface area (Å²) in [5.41, 5.74) is 7.71. The minimum absolute atomic E-state index is 0.00569. The molecule has 7 aromatic rings. The molecule has 16 heteroatoms. The first kappa shape index (κ1) is 63.1. The normalized spacial score (nSPS) is 33.0. The number of carbonyl (C=O) groups excluding carboxylic acids is 2. The van der Waals surface area contributed by atoms with Gasteiger partial charge in [0.15, 0.2) is 23.0 Å². The monoisotopic (exact) mass is 1350 g/mol. The molecule has 0 aromatic heterocycles. The van der Waals surface area contributed by atoms with Crippen LogP contribution in [0.1, 0.15) is 107 Å². The number of fused-ring (bicyclic) bond motifs is 11. The first-order valence-corrected chi connectivity index (χ1v) is 38.6. The third-order valence-electron chi connectivity index (χ3n) is 23.3. The van der Waals surface area contributed by atoms with Gasteiger partial charge in [0.25, 0.3) is 0 Å². The number of benzene rings is 7. The van der Waals surface area contributed by atoms with Crippen LogP contribution >= 0.6 is 43.2 Å². The van der Waals surface area contributed by atoms with E-state index >= 15 is 4.79 Å². The Bertz CT molecular complexity index is 4250. The molecule has 4 fully saturated rings.